The number of nitrogens with zero attached hydrogens (tertiary/aromatic N) is 2. The van der Waals surface area contributed by atoms with Crippen molar-refractivity contribution in [3.05, 3.63) is 15.6 Å². The largest absolute Gasteiger partial charge is 0.480 e. The molecular weight excluding hydrogens is 300 g/mol. The van der Waals surface area contributed by atoms with Gasteiger partial charge in [-0.25, -0.2) is 13.4 Å². The molecule has 0 aliphatic carbocycles. The van der Waals surface area contributed by atoms with Crippen molar-refractivity contribution in [2.24, 2.45) is 0 Å². The van der Waals surface area contributed by atoms with Gasteiger partial charge in [-0.2, -0.15) is 0 Å². The number of rotatable bonds is 5. The van der Waals surface area contributed by atoms with Gasteiger partial charge in [0.25, 0.3) is 0 Å². The van der Waals surface area contributed by atoms with Gasteiger partial charge in [-0.3, -0.25) is 9.69 Å². The number of hydrogen-bond acceptors (Lipinski definition) is 6. The second-order valence-corrected chi connectivity index (χ2v) is 8.61. The molecule has 0 spiro atoms. The first kappa shape index (κ1) is 15.4. The first-order valence-electron chi connectivity index (χ1n) is 6.36. The van der Waals surface area contributed by atoms with Gasteiger partial charge in [-0.15, -0.1) is 11.3 Å². The van der Waals surface area contributed by atoms with E-state index < -0.39 is 15.8 Å². The van der Waals surface area contributed by atoms with E-state index in [4.69, 9.17) is 5.11 Å². The normalized spacial score (nSPS) is 21.4. The summed E-state index contributed by atoms with van der Waals surface area (Å²) in [6, 6.07) is -0.210. The van der Waals surface area contributed by atoms with Crippen molar-refractivity contribution in [3.63, 3.8) is 0 Å². The van der Waals surface area contributed by atoms with Gasteiger partial charge in [0.1, 0.15) is 0 Å². The van der Waals surface area contributed by atoms with Gasteiger partial charge in [0.15, 0.2) is 9.84 Å². The van der Waals surface area contributed by atoms with E-state index in [0.717, 1.165) is 15.6 Å². The SMILES string of the molecule is Cc1nc(C)c(CN(CC(=O)O)C2CCS(=O)(=O)C2)s1. The van der Waals surface area contributed by atoms with Crippen LogP contribution in [0.2, 0.25) is 0 Å². The molecule has 0 aromatic carbocycles. The monoisotopic (exact) mass is 318 g/mol. The minimum atomic E-state index is -3.02. The first-order valence-corrected chi connectivity index (χ1v) is 9.00. The quantitative estimate of drug-likeness (QED) is 0.865. The van der Waals surface area contributed by atoms with Crippen molar-refractivity contribution < 1.29 is 18.3 Å². The van der Waals surface area contributed by atoms with Crippen LogP contribution in [-0.2, 0) is 21.2 Å². The Morgan fingerprint density at radius 2 is 2.20 bits per heavy atom. The number of sulfone groups is 1. The summed E-state index contributed by atoms with van der Waals surface area (Å²) in [5, 5.41) is 9.96. The zero-order valence-corrected chi connectivity index (χ0v) is 13.1. The van der Waals surface area contributed by atoms with E-state index in [1.165, 1.54) is 11.3 Å². The van der Waals surface area contributed by atoms with E-state index in [2.05, 4.69) is 4.98 Å². The van der Waals surface area contributed by atoms with Crippen LogP contribution in [0, 0.1) is 13.8 Å². The maximum Gasteiger partial charge on any atom is 0.317 e. The first-order chi connectivity index (χ1) is 9.27. The van der Waals surface area contributed by atoms with Gasteiger partial charge in [-0.05, 0) is 20.3 Å². The van der Waals surface area contributed by atoms with Crippen molar-refractivity contribution in [3.8, 4) is 0 Å². The van der Waals surface area contributed by atoms with Gasteiger partial charge in [0.2, 0.25) is 0 Å². The second kappa shape index (κ2) is 5.79. The third kappa shape index (κ3) is 3.77. The summed E-state index contributed by atoms with van der Waals surface area (Å²) in [5.41, 5.74) is 0.892. The van der Waals surface area contributed by atoms with E-state index in [0.29, 0.717) is 13.0 Å². The Hall–Kier alpha value is -0.990. The third-order valence-corrected chi connectivity index (χ3v) is 6.22. The van der Waals surface area contributed by atoms with Crippen LogP contribution in [0.25, 0.3) is 0 Å². The van der Waals surface area contributed by atoms with Crippen LogP contribution >= 0.6 is 11.3 Å². The predicted molar refractivity (Wildman–Crippen MR) is 76.7 cm³/mol. The summed E-state index contributed by atoms with van der Waals surface area (Å²) in [6.45, 7) is 4.10. The van der Waals surface area contributed by atoms with Crippen molar-refractivity contribution >= 4 is 27.1 Å². The lowest BCUT2D eigenvalue weighted by Gasteiger charge is -2.25. The minimum absolute atomic E-state index is 0.0527. The van der Waals surface area contributed by atoms with E-state index in [9.17, 15) is 13.2 Å². The number of aliphatic carboxylic acids is 1. The fourth-order valence-corrected chi connectivity index (χ4v) is 5.18. The van der Waals surface area contributed by atoms with E-state index in [1.807, 2.05) is 13.8 Å². The Bertz CT molecular complexity index is 609. The molecule has 1 aromatic rings. The topological polar surface area (TPSA) is 87.6 Å². The number of carboxylic acid groups (broad SMARTS) is 1. The summed E-state index contributed by atoms with van der Waals surface area (Å²) < 4.78 is 23.1. The summed E-state index contributed by atoms with van der Waals surface area (Å²) >= 11 is 1.53. The molecule has 8 heteroatoms. The molecule has 0 radical (unpaired) electrons. The van der Waals surface area contributed by atoms with Gasteiger partial charge < -0.3 is 5.11 Å². The predicted octanol–water partition coefficient (Wildman–Crippen LogP) is 0.834. The van der Waals surface area contributed by atoms with Crippen LogP contribution in [0.5, 0.6) is 0 Å². The fraction of sp³-hybridized carbons (Fsp3) is 0.667. The molecule has 0 bridgehead atoms. The third-order valence-electron chi connectivity index (χ3n) is 3.41. The number of aryl methyl sites for hydroxylation is 2. The molecule has 1 aromatic heterocycles. The zero-order valence-electron chi connectivity index (χ0n) is 11.5. The number of thiazole rings is 1. The Kier molecular flexibility index (Phi) is 4.46. The molecule has 1 fully saturated rings. The lowest BCUT2D eigenvalue weighted by Crippen LogP contribution is -2.39. The lowest BCUT2D eigenvalue weighted by atomic mass is 10.2. The maximum atomic E-state index is 11.6. The van der Waals surface area contributed by atoms with Crippen molar-refractivity contribution in [1.82, 2.24) is 9.88 Å². The summed E-state index contributed by atoms with van der Waals surface area (Å²) in [6.07, 6.45) is 0.506. The summed E-state index contributed by atoms with van der Waals surface area (Å²) in [5.74, 6) is -0.737. The Morgan fingerprint density at radius 1 is 1.50 bits per heavy atom. The molecule has 1 aliphatic heterocycles. The van der Waals surface area contributed by atoms with Gasteiger partial charge in [0.05, 0.1) is 28.8 Å². The Balaban J connectivity index is 2.16. The molecule has 2 heterocycles. The molecule has 1 saturated heterocycles. The Morgan fingerprint density at radius 3 is 2.65 bits per heavy atom. The molecular formula is C12H18N2O4S2. The van der Waals surface area contributed by atoms with Crippen LogP contribution in [0.4, 0.5) is 0 Å². The lowest BCUT2D eigenvalue weighted by molar-refractivity contribution is -0.139. The molecule has 1 N–H and O–H groups in total. The average Bonchev–Trinajstić information content (AvgIpc) is 2.80. The minimum Gasteiger partial charge on any atom is -0.480 e. The maximum absolute atomic E-state index is 11.6. The van der Waals surface area contributed by atoms with Crippen LogP contribution in [0.3, 0.4) is 0 Å². The van der Waals surface area contributed by atoms with E-state index >= 15 is 0 Å². The van der Waals surface area contributed by atoms with E-state index in [1.54, 1.807) is 4.90 Å². The van der Waals surface area contributed by atoms with Gasteiger partial charge in [0, 0.05) is 17.5 Å². The summed E-state index contributed by atoms with van der Waals surface area (Å²) in [4.78, 5) is 18.1. The van der Waals surface area contributed by atoms with Gasteiger partial charge in [-0.1, -0.05) is 0 Å². The van der Waals surface area contributed by atoms with Crippen LogP contribution < -0.4 is 0 Å². The van der Waals surface area contributed by atoms with Crippen LogP contribution in [-0.4, -0.2) is 53.5 Å². The smallest absolute Gasteiger partial charge is 0.317 e. The number of hydrogen-bond donors (Lipinski definition) is 1. The highest BCUT2D eigenvalue weighted by Gasteiger charge is 2.33. The molecule has 0 amide bonds. The molecule has 2 rings (SSSR count). The standard InChI is InChI=1S/C12H18N2O4S2/c1-8-11(19-9(2)13-8)5-14(6-12(15)16)10-3-4-20(17,18)7-10/h10H,3-7H2,1-2H3,(H,15,16). The molecule has 6 nitrogen and oxygen atoms in total. The van der Waals surface area contributed by atoms with Crippen LogP contribution in [0.1, 0.15) is 22.0 Å². The van der Waals surface area contributed by atoms with Crippen molar-refractivity contribution in [2.45, 2.75) is 32.9 Å². The van der Waals surface area contributed by atoms with Crippen molar-refractivity contribution in [1.29, 1.82) is 0 Å². The highest BCUT2D eigenvalue weighted by Crippen LogP contribution is 2.24. The second-order valence-electron chi connectivity index (χ2n) is 5.10. The molecule has 1 aliphatic rings. The number of carbonyl (C=O) groups is 1. The van der Waals surface area contributed by atoms with Crippen LogP contribution in [0.15, 0.2) is 0 Å². The Labute approximate surface area is 122 Å². The molecule has 112 valence electrons. The highest BCUT2D eigenvalue weighted by molar-refractivity contribution is 7.91. The molecule has 1 atom stereocenters. The molecule has 1 unspecified atom stereocenters. The number of aromatic nitrogens is 1. The molecule has 0 saturated carbocycles. The fourth-order valence-electron chi connectivity index (χ4n) is 2.46. The average molecular weight is 318 g/mol. The zero-order chi connectivity index (χ0) is 14.9. The molecule has 20 heavy (non-hydrogen) atoms. The van der Waals surface area contributed by atoms with Gasteiger partial charge >= 0.3 is 5.97 Å². The van der Waals surface area contributed by atoms with Crippen molar-refractivity contribution in [2.75, 3.05) is 18.1 Å². The highest BCUT2D eigenvalue weighted by atomic mass is 32.2. The number of carboxylic acids is 1. The van der Waals surface area contributed by atoms with E-state index in [-0.39, 0.29) is 24.1 Å². The summed E-state index contributed by atoms with van der Waals surface area (Å²) in [7, 11) is -3.02.